The summed E-state index contributed by atoms with van der Waals surface area (Å²) in [6.45, 7) is 1.96. The summed E-state index contributed by atoms with van der Waals surface area (Å²) < 4.78 is 10.9. The van der Waals surface area contributed by atoms with Crippen LogP contribution in [0.3, 0.4) is 0 Å². The monoisotopic (exact) mass is 279 g/mol. The predicted octanol–water partition coefficient (Wildman–Crippen LogP) is 3.28. The lowest BCUT2D eigenvalue weighted by Gasteiger charge is -2.12. The van der Waals surface area contributed by atoms with Gasteiger partial charge >= 0.3 is 0 Å². The Morgan fingerprint density at radius 3 is 2.68 bits per heavy atom. The van der Waals surface area contributed by atoms with E-state index in [1.807, 2.05) is 19.1 Å². The van der Waals surface area contributed by atoms with Gasteiger partial charge in [0.15, 0.2) is 5.82 Å². The van der Waals surface area contributed by atoms with E-state index in [2.05, 4.69) is 15.3 Å². The first-order valence-electron chi connectivity index (χ1n) is 5.66. The van der Waals surface area contributed by atoms with Crippen molar-refractivity contribution >= 4 is 17.4 Å². The molecule has 100 valence electrons. The number of hydrogen-bond donors (Lipinski definition) is 1. The van der Waals surface area contributed by atoms with Gasteiger partial charge in [0.05, 0.1) is 12.1 Å². The van der Waals surface area contributed by atoms with Crippen LogP contribution in [0.1, 0.15) is 5.56 Å². The molecule has 0 bridgehead atoms. The number of nitrogens with one attached hydrogen (secondary N) is 1. The summed E-state index contributed by atoms with van der Waals surface area (Å²) in [5.41, 5.74) is 1.06. The van der Waals surface area contributed by atoms with Crippen molar-refractivity contribution in [3.05, 3.63) is 35.1 Å². The molecule has 0 fully saturated rings. The Morgan fingerprint density at radius 1 is 1.26 bits per heavy atom. The zero-order chi connectivity index (χ0) is 13.8. The molecule has 0 aliphatic rings. The molecule has 0 unspecified atom stereocenters. The Balaban J connectivity index is 2.37. The van der Waals surface area contributed by atoms with Crippen molar-refractivity contribution in [3.63, 3.8) is 0 Å². The second-order valence-corrected chi connectivity index (χ2v) is 4.25. The molecule has 0 aliphatic heterocycles. The van der Waals surface area contributed by atoms with Gasteiger partial charge in [-0.05, 0) is 24.6 Å². The first-order valence-corrected chi connectivity index (χ1v) is 6.04. The van der Waals surface area contributed by atoms with Crippen LogP contribution >= 0.6 is 11.6 Å². The highest BCUT2D eigenvalue weighted by Gasteiger charge is 2.14. The molecule has 5 nitrogen and oxygen atoms in total. The van der Waals surface area contributed by atoms with Gasteiger partial charge in [0.2, 0.25) is 5.75 Å². The topological polar surface area (TPSA) is 56.3 Å². The lowest BCUT2D eigenvalue weighted by atomic mass is 10.2. The molecule has 2 rings (SSSR count). The van der Waals surface area contributed by atoms with E-state index in [9.17, 15) is 0 Å². The fraction of sp³-hybridized carbons (Fsp3) is 0.231. The fourth-order valence-electron chi connectivity index (χ4n) is 1.59. The average Bonchev–Trinajstić information content (AvgIpc) is 2.41. The van der Waals surface area contributed by atoms with E-state index in [-0.39, 0.29) is 0 Å². The number of aromatic nitrogens is 2. The Morgan fingerprint density at radius 2 is 2.05 bits per heavy atom. The number of anilines is 1. The standard InChI is InChI=1S/C13H14ClN3O2/c1-8-4-5-10(9(14)6-8)19-13-11(18-3)12(15-2)16-7-17-13/h4-7H,1-3H3,(H,15,16,17). The third-order valence-electron chi connectivity index (χ3n) is 2.51. The number of halogens is 1. The van der Waals surface area contributed by atoms with Crippen LogP contribution in [0.4, 0.5) is 5.82 Å². The van der Waals surface area contributed by atoms with Gasteiger partial charge in [-0.25, -0.2) is 4.98 Å². The van der Waals surface area contributed by atoms with Crippen molar-refractivity contribution < 1.29 is 9.47 Å². The van der Waals surface area contributed by atoms with Crippen molar-refractivity contribution in [2.45, 2.75) is 6.92 Å². The molecule has 0 radical (unpaired) electrons. The summed E-state index contributed by atoms with van der Waals surface area (Å²) in [6, 6.07) is 5.52. The van der Waals surface area contributed by atoms with Gasteiger partial charge < -0.3 is 14.8 Å². The molecule has 1 N–H and O–H groups in total. The van der Waals surface area contributed by atoms with Gasteiger partial charge in [0.1, 0.15) is 12.1 Å². The molecule has 1 aromatic carbocycles. The van der Waals surface area contributed by atoms with Crippen LogP contribution in [0.2, 0.25) is 5.02 Å². The third-order valence-corrected chi connectivity index (χ3v) is 2.80. The molecule has 0 saturated heterocycles. The third kappa shape index (κ3) is 2.88. The molecule has 2 aromatic rings. The highest BCUT2D eigenvalue weighted by atomic mass is 35.5. The van der Waals surface area contributed by atoms with E-state index in [1.165, 1.54) is 13.4 Å². The summed E-state index contributed by atoms with van der Waals surface area (Å²) in [5, 5.41) is 3.43. The molecule has 0 aliphatic carbocycles. The fourth-order valence-corrected chi connectivity index (χ4v) is 1.86. The first-order chi connectivity index (χ1) is 9.15. The Hall–Kier alpha value is -2.01. The van der Waals surface area contributed by atoms with Gasteiger partial charge in [-0.3, -0.25) is 0 Å². The largest absolute Gasteiger partial charge is 0.489 e. The quantitative estimate of drug-likeness (QED) is 0.931. The molecule has 0 atom stereocenters. The molecule has 1 heterocycles. The SMILES string of the molecule is CNc1ncnc(Oc2ccc(C)cc2Cl)c1OC. The van der Waals surface area contributed by atoms with Crippen molar-refractivity contribution in [3.8, 4) is 17.4 Å². The van der Waals surface area contributed by atoms with Gasteiger partial charge in [-0.2, -0.15) is 4.98 Å². The van der Waals surface area contributed by atoms with E-state index in [1.54, 1.807) is 13.1 Å². The molecule has 0 spiro atoms. The van der Waals surface area contributed by atoms with E-state index in [0.717, 1.165) is 5.56 Å². The second kappa shape index (κ2) is 5.75. The number of aryl methyl sites for hydroxylation is 1. The number of ether oxygens (including phenoxy) is 2. The van der Waals surface area contributed by atoms with Crippen LogP contribution in [0, 0.1) is 6.92 Å². The smallest absolute Gasteiger partial charge is 0.268 e. The van der Waals surface area contributed by atoms with Crippen LogP contribution in [0.25, 0.3) is 0 Å². The zero-order valence-corrected chi connectivity index (χ0v) is 11.7. The number of benzene rings is 1. The van der Waals surface area contributed by atoms with Crippen molar-refractivity contribution in [2.24, 2.45) is 0 Å². The Kier molecular flexibility index (Phi) is 4.06. The lowest BCUT2D eigenvalue weighted by Crippen LogP contribution is -2.01. The van der Waals surface area contributed by atoms with E-state index in [0.29, 0.717) is 28.2 Å². The van der Waals surface area contributed by atoms with Crippen LogP contribution in [-0.2, 0) is 0 Å². The van der Waals surface area contributed by atoms with Crippen LogP contribution in [0.5, 0.6) is 17.4 Å². The minimum atomic E-state index is 0.313. The summed E-state index contributed by atoms with van der Waals surface area (Å²) >= 11 is 6.12. The number of methoxy groups -OCH3 is 1. The summed E-state index contributed by atoms with van der Waals surface area (Å²) in [4.78, 5) is 8.11. The van der Waals surface area contributed by atoms with Crippen LogP contribution in [-0.4, -0.2) is 24.1 Å². The number of nitrogens with zero attached hydrogens (tertiary/aromatic N) is 2. The van der Waals surface area contributed by atoms with E-state index >= 15 is 0 Å². The minimum absolute atomic E-state index is 0.313. The molecule has 19 heavy (non-hydrogen) atoms. The first kappa shape index (κ1) is 13.4. The maximum Gasteiger partial charge on any atom is 0.268 e. The number of rotatable bonds is 4. The molecule has 1 aromatic heterocycles. The predicted molar refractivity (Wildman–Crippen MR) is 74.4 cm³/mol. The lowest BCUT2D eigenvalue weighted by molar-refractivity contribution is 0.369. The molecule has 6 heteroatoms. The molecular weight excluding hydrogens is 266 g/mol. The van der Waals surface area contributed by atoms with E-state index in [4.69, 9.17) is 21.1 Å². The summed E-state index contributed by atoms with van der Waals surface area (Å²) in [6.07, 6.45) is 1.39. The van der Waals surface area contributed by atoms with Crippen LogP contribution in [0.15, 0.2) is 24.5 Å². The summed E-state index contributed by atoms with van der Waals surface area (Å²) in [7, 11) is 3.27. The van der Waals surface area contributed by atoms with Gasteiger partial charge in [-0.1, -0.05) is 17.7 Å². The molecular formula is C13H14ClN3O2. The molecule has 0 saturated carbocycles. The van der Waals surface area contributed by atoms with E-state index < -0.39 is 0 Å². The summed E-state index contributed by atoms with van der Waals surface area (Å²) in [5.74, 6) is 1.82. The van der Waals surface area contributed by atoms with Crippen molar-refractivity contribution in [2.75, 3.05) is 19.5 Å². The van der Waals surface area contributed by atoms with Crippen LogP contribution < -0.4 is 14.8 Å². The number of hydrogen-bond acceptors (Lipinski definition) is 5. The maximum absolute atomic E-state index is 6.12. The molecule has 0 amide bonds. The Labute approximate surface area is 116 Å². The average molecular weight is 280 g/mol. The van der Waals surface area contributed by atoms with Crippen molar-refractivity contribution in [1.29, 1.82) is 0 Å². The highest BCUT2D eigenvalue weighted by Crippen LogP contribution is 2.36. The van der Waals surface area contributed by atoms with Gasteiger partial charge in [0.25, 0.3) is 5.88 Å². The highest BCUT2D eigenvalue weighted by molar-refractivity contribution is 6.32. The van der Waals surface area contributed by atoms with Gasteiger partial charge in [-0.15, -0.1) is 0 Å². The Bertz CT molecular complexity index is 590. The zero-order valence-electron chi connectivity index (χ0n) is 10.9. The van der Waals surface area contributed by atoms with Gasteiger partial charge in [0, 0.05) is 7.05 Å². The maximum atomic E-state index is 6.12. The second-order valence-electron chi connectivity index (χ2n) is 3.85. The normalized spacial score (nSPS) is 10.1. The van der Waals surface area contributed by atoms with Crippen molar-refractivity contribution in [1.82, 2.24) is 9.97 Å². The minimum Gasteiger partial charge on any atom is -0.489 e.